The number of hydrogen-bond donors (Lipinski definition) is 1. The van der Waals surface area contributed by atoms with E-state index in [-0.39, 0.29) is 17.3 Å². The zero-order valence-corrected chi connectivity index (χ0v) is 17.4. The molecule has 1 aliphatic rings. The third-order valence-electron chi connectivity index (χ3n) is 4.75. The van der Waals surface area contributed by atoms with Gasteiger partial charge in [0.15, 0.2) is 6.61 Å². The Morgan fingerprint density at radius 3 is 2.57 bits per heavy atom. The average Bonchev–Trinajstić information content (AvgIpc) is 2.78. The van der Waals surface area contributed by atoms with Gasteiger partial charge in [-0.3, -0.25) is 4.79 Å². The first-order valence-corrected chi connectivity index (χ1v) is 11.0. The molecular formula is C21H23N3O5S. The number of ether oxygens (including phenoxy) is 2. The van der Waals surface area contributed by atoms with Crippen molar-refractivity contribution in [1.82, 2.24) is 4.31 Å². The van der Waals surface area contributed by atoms with Crippen LogP contribution in [0.15, 0.2) is 47.4 Å². The molecule has 9 heteroatoms. The van der Waals surface area contributed by atoms with Crippen molar-refractivity contribution in [2.75, 3.05) is 32.1 Å². The summed E-state index contributed by atoms with van der Waals surface area (Å²) in [4.78, 5) is 12.3. The maximum atomic E-state index is 13.1. The van der Waals surface area contributed by atoms with Crippen molar-refractivity contribution in [3.63, 3.8) is 0 Å². The van der Waals surface area contributed by atoms with Crippen molar-refractivity contribution in [3.05, 3.63) is 48.0 Å². The number of hydrogen-bond acceptors (Lipinski definition) is 6. The van der Waals surface area contributed by atoms with E-state index in [2.05, 4.69) is 5.32 Å². The van der Waals surface area contributed by atoms with Crippen LogP contribution in [0.2, 0.25) is 0 Å². The quantitative estimate of drug-likeness (QED) is 0.725. The van der Waals surface area contributed by atoms with E-state index in [0.29, 0.717) is 30.1 Å². The molecule has 3 rings (SSSR count). The van der Waals surface area contributed by atoms with Gasteiger partial charge in [0.2, 0.25) is 10.0 Å². The minimum Gasteiger partial charge on any atom is -0.495 e. The molecule has 1 aliphatic heterocycles. The Morgan fingerprint density at radius 1 is 1.13 bits per heavy atom. The molecule has 8 nitrogen and oxygen atoms in total. The number of sulfonamides is 1. The highest BCUT2D eigenvalue weighted by molar-refractivity contribution is 7.89. The normalized spacial score (nSPS) is 14.5. The van der Waals surface area contributed by atoms with Gasteiger partial charge in [-0.2, -0.15) is 9.57 Å². The topological polar surface area (TPSA) is 109 Å². The van der Waals surface area contributed by atoms with Gasteiger partial charge in [-0.05, 0) is 43.2 Å². The van der Waals surface area contributed by atoms with E-state index in [1.54, 1.807) is 30.3 Å². The molecule has 0 radical (unpaired) electrons. The largest absolute Gasteiger partial charge is 0.495 e. The van der Waals surface area contributed by atoms with Gasteiger partial charge >= 0.3 is 0 Å². The fourth-order valence-electron chi connectivity index (χ4n) is 3.23. The molecule has 0 aliphatic carbocycles. The molecule has 0 unspecified atom stereocenters. The minimum absolute atomic E-state index is 0.0143. The second-order valence-corrected chi connectivity index (χ2v) is 8.68. The van der Waals surface area contributed by atoms with Crippen molar-refractivity contribution in [1.29, 1.82) is 5.26 Å². The molecule has 1 fully saturated rings. The number of nitriles is 1. The fourth-order valence-corrected chi connectivity index (χ4v) is 4.92. The molecule has 1 saturated heterocycles. The Balaban J connectivity index is 1.74. The van der Waals surface area contributed by atoms with Crippen LogP contribution in [0, 0.1) is 11.3 Å². The van der Waals surface area contributed by atoms with E-state index in [9.17, 15) is 13.2 Å². The molecule has 2 aromatic carbocycles. The smallest absolute Gasteiger partial charge is 0.262 e. The lowest BCUT2D eigenvalue weighted by Crippen LogP contribution is -2.35. The molecule has 1 heterocycles. The van der Waals surface area contributed by atoms with E-state index in [4.69, 9.17) is 14.7 Å². The van der Waals surface area contributed by atoms with E-state index >= 15 is 0 Å². The number of carbonyl (C=O) groups is 1. The molecule has 1 N–H and O–H groups in total. The number of rotatable bonds is 7. The predicted octanol–water partition coefficient (Wildman–Crippen LogP) is 2.76. The number of para-hydroxylation sites is 1. The van der Waals surface area contributed by atoms with Crippen LogP contribution in [-0.4, -0.2) is 45.4 Å². The summed E-state index contributed by atoms with van der Waals surface area (Å²) >= 11 is 0. The Bertz CT molecular complexity index is 1060. The molecule has 0 saturated carbocycles. The van der Waals surface area contributed by atoms with Crippen LogP contribution in [0.5, 0.6) is 11.5 Å². The Labute approximate surface area is 176 Å². The maximum absolute atomic E-state index is 13.1. The van der Waals surface area contributed by atoms with Gasteiger partial charge < -0.3 is 14.8 Å². The first-order valence-electron chi connectivity index (χ1n) is 9.55. The molecule has 158 valence electrons. The molecule has 1 amide bonds. The summed E-state index contributed by atoms with van der Waals surface area (Å²) in [5, 5.41) is 11.7. The molecular weight excluding hydrogens is 406 g/mol. The summed E-state index contributed by atoms with van der Waals surface area (Å²) in [6.07, 6.45) is 2.65. The van der Waals surface area contributed by atoms with E-state index in [1.165, 1.54) is 23.5 Å². The van der Waals surface area contributed by atoms with Crippen molar-refractivity contribution < 1.29 is 22.7 Å². The van der Waals surface area contributed by atoms with Crippen LogP contribution in [0.1, 0.15) is 24.8 Å². The molecule has 0 aromatic heterocycles. The van der Waals surface area contributed by atoms with E-state index < -0.39 is 15.9 Å². The number of carbonyl (C=O) groups excluding carboxylic acids is 1. The SMILES string of the molecule is COc1ccc(NC(=O)COc2ccccc2C#N)cc1S(=O)(=O)N1CCCCC1. The summed E-state index contributed by atoms with van der Waals surface area (Å²) in [7, 11) is -2.33. The summed E-state index contributed by atoms with van der Waals surface area (Å²) in [6.45, 7) is 0.612. The number of amides is 1. The van der Waals surface area contributed by atoms with E-state index in [0.717, 1.165) is 19.3 Å². The first kappa shape index (κ1) is 21.6. The van der Waals surface area contributed by atoms with Gasteiger partial charge in [0.05, 0.1) is 12.7 Å². The van der Waals surface area contributed by atoms with Gasteiger partial charge in [0.1, 0.15) is 22.5 Å². The number of benzene rings is 2. The predicted molar refractivity (Wildman–Crippen MR) is 111 cm³/mol. The molecule has 0 spiro atoms. The Hall–Kier alpha value is -3.09. The third kappa shape index (κ3) is 4.90. The van der Waals surface area contributed by atoms with Crippen molar-refractivity contribution >= 4 is 21.6 Å². The van der Waals surface area contributed by atoms with Crippen LogP contribution in [-0.2, 0) is 14.8 Å². The highest BCUT2D eigenvalue weighted by Crippen LogP contribution is 2.31. The van der Waals surface area contributed by atoms with Gasteiger partial charge in [-0.15, -0.1) is 0 Å². The van der Waals surface area contributed by atoms with Crippen LogP contribution < -0.4 is 14.8 Å². The lowest BCUT2D eigenvalue weighted by molar-refractivity contribution is -0.118. The molecule has 30 heavy (non-hydrogen) atoms. The second-order valence-electron chi connectivity index (χ2n) is 6.78. The van der Waals surface area contributed by atoms with Crippen molar-refractivity contribution in [3.8, 4) is 17.6 Å². The van der Waals surface area contributed by atoms with Gasteiger partial charge in [-0.1, -0.05) is 18.6 Å². The minimum atomic E-state index is -3.74. The highest BCUT2D eigenvalue weighted by Gasteiger charge is 2.29. The Kier molecular flexibility index (Phi) is 6.92. The number of piperidine rings is 1. The summed E-state index contributed by atoms with van der Waals surface area (Å²) in [5.41, 5.74) is 0.637. The number of methoxy groups -OCH3 is 1. The Morgan fingerprint density at radius 2 is 1.87 bits per heavy atom. The first-order chi connectivity index (χ1) is 14.5. The van der Waals surface area contributed by atoms with Crippen LogP contribution in [0.4, 0.5) is 5.69 Å². The second kappa shape index (κ2) is 9.61. The summed E-state index contributed by atoms with van der Waals surface area (Å²) in [6, 6.07) is 13.1. The third-order valence-corrected chi connectivity index (χ3v) is 6.67. The van der Waals surface area contributed by atoms with Crippen LogP contribution >= 0.6 is 0 Å². The maximum Gasteiger partial charge on any atom is 0.262 e. The van der Waals surface area contributed by atoms with Crippen molar-refractivity contribution in [2.45, 2.75) is 24.2 Å². The van der Waals surface area contributed by atoms with Gasteiger partial charge in [0, 0.05) is 18.8 Å². The average molecular weight is 429 g/mol. The highest BCUT2D eigenvalue weighted by atomic mass is 32.2. The zero-order valence-electron chi connectivity index (χ0n) is 16.6. The monoisotopic (exact) mass is 429 g/mol. The van der Waals surface area contributed by atoms with Gasteiger partial charge in [0.25, 0.3) is 5.91 Å². The van der Waals surface area contributed by atoms with Crippen LogP contribution in [0.3, 0.4) is 0 Å². The number of anilines is 1. The fraction of sp³-hybridized carbons (Fsp3) is 0.333. The van der Waals surface area contributed by atoms with Crippen molar-refractivity contribution in [2.24, 2.45) is 0 Å². The molecule has 0 bridgehead atoms. The molecule has 2 aromatic rings. The standard InChI is InChI=1S/C21H23N3O5S/c1-28-19-10-9-17(13-20(19)30(26,27)24-11-5-2-6-12-24)23-21(25)15-29-18-8-4-3-7-16(18)14-22/h3-4,7-10,13H,2,5-6,11-12,15H2,1H3,(H,23,25). The zero-order chi connectivity index (χ0) is 21.6. The molecule has 0 atom stereocenters. The number of nitrogens with zero attached hydrogens (tertiary/aromatic N) is 2. The van der Waals surface area contributed by atoms with E-state index in [1.807, 2.05) is 6.07 Å². The lowest BCUT2D eigenvalue weighted by Gasteiger charge is -2.26. The lowest BCUT2D eigenvalue weighted by atomic mass is 10.2. The van der Waals surface area contributed by atoms with Crippen LogP contribution in [0.25, 0.3) is 0 Å². The van der Waals surface area contributed by atoms with Gasteiger partial charge in [-0.25, -0.2) is 8.42 Å². The number of nitrogens with one attached hydrogen (secondary N) is 1. The summed E-state index contributed by atoms with van der Waals surface area (Å²) in [5.74, 6) is 0.0465. The summed E-state index contributed by atoms with van der Waals surface area (Å²) < 4.78 is 38.2.